The molecule has 6 heteroatoms. The summed E-state index contributed by atoms with van der Waals surface area (Å²) in [6.07, 6.45) is 1.75. The Labute approximate surface area is 118 Å². The highest BCUT2D eigenvalue weighted by molar-refractivity contribution is 6.33. The van der Waals surface area contributed by atoms with Crippen LogP contribution in [0.15, 0.2) is 48.7 Å². The number of fused-ring (bicyclic) bond motifs is 1. The number of aromatic nitrogens is 2. The molecule has 0 saturated heterocycles. The van der Waals surface area contributed by atoms with E-state index in [4.69, 9.17) is 11.6 Å². The molecule has 0 unspecified atom stereocenters. The second-order valence-electron chi connectivity index (χ2n) is 4.18. The van der Waals surface area contributed by atoms with E-state index in [2.05, 4.69) is 10.4 Å². The second kappa shape index (κ2) is 4.94. The van der Waals surface area contributed by atoms with Gasteiger partial charge in [-0.25, -0.2) is 8.91 Å². The van der Waals surface area contributed by atoms with Crippen molar-refractivity contribution in [1.82, 2.24) is 9.61 Å². The molecule has 0 fully saturated rings. The lowest BCUT2D eigenvalue weighted by molar-refractivity contribution is 0.102. The molecule has 3 aromatic rings. The van der Waals surface area contributed by atoms with Crippen LogP contribution in [-0.4, -0.2) is 15.5 Å². The number of hydrogen-bond donors (Lipinski definition) is 1. The van der Waals surface area contributed by atoms with E-state index in [0.29, 0.717) is 5.69 Å². The Morgan fingerprint density at radius 2 is 2.10 bits per heavy atom. The van der Waals surface area contributed by atoms with Crippen molar-refractivity contribution in [2.75, 3.05) is 5.32 Å². The third-order valence-electron chi connectivity index (χ3n) is 2.78. The molecule has 1 amide bonds. The molecule has 0 saturated carbocycles. The molecule has 0 aliphatic heterocycles. The maximum absolute atomic E-state index is 12.9. The van der Waals surface area contributed by atoms with Crippen molar-refractivity contribution in [3.05, 3.63) is 65.2 Å². The third kappa shape index (κ3) is 2.35. The fourth-order valence-corrected chi connectivity index (χ4v) is 2.04. The van der Waals surface area contributed by atoms with Crippen LogP contribution in [0.4, 0.5) is 10.1 Å². The zero-order valence-corrected chi connectivity index (χ0v) is 10.9. The van der Waals surface area contributed by atoms with Crippen LogP contribution in [0.5, 0.6) is 0 Å². The molecule has 0 radical (unpaired) electrons. The van der Waals surface area contributed by atoms with E-state index in [0.717, 1.165) is 11.6 Å². The summed E-state index contributed by atoms with van der Waals surface area (Å²) in [6, 6.07) is 11.0. The lowest BCUT2D eigenvalue weighted by Gasteiger charge is -2.05. The first-order chi connectivity index (χ1) is 9.63. The minimum absolute atomic E-state index is 0.141. The first-order valence-corrected chi connectivity index (χ1v) is 6.22. The van der Waals surface area contributed by atoms with Crippen LogP contribution in [0.2, 0.25) is 5.02 Å². The Bertz CT molecular complexity index is 767. The minimum Gasteiger partial charge on any atom is -0.319 e. The molecule has 100 valence electrons. The van der Waals surface area contributed by atoms with E-state index in [1.807, 2.05) is 18.2 Å². The summed E-state index contributed by atoms with van der Waals surface area (Å²) in [5, 5.41) is 6.89. The SMILES string of the molecule is O=C(Nc1ccc(F)cc1Cl)c1cc2ccccn2n1. The molecule has 1 N–H and O–H groups in total. The second-order valence-corrected chi connectivity index (χ2v) is 4.59. The Morgan fingerprint density at radius 3 is 2.85 bits per heavy atom. The first-order valence-electron chi connectivity index (χ1n) is 5.84. The lowest BCUT2D eigenvalue weighted by Crippen LogP contribution is -2.13. The maximum Gasteiger partial charge on any atom is 0.276 e. The van der Waals surface area contributed by atoms with Gasteiger partial charge in [0.15, 0.2) is 5.69 Å². The molecule has 20 heavy (non-hydrogen) atoms. The number of carbonyl (C=O) groups is 1. The van der Waals surface area contributed by atoms with Crippen molar-refractivity contribution in [1.29, 1.82) is 0 Å². The predicted octanol–water partition coefficient (Wildman–Crippen LogP) is 3.38. The van der Waals surface area contributed by atoms with Crippen LogP contribution in [0.3, 0.4) is 0 Å². The Balaban J connectivity index is 1.89. The van der Waals surface area contributed by atoms with Gasteiger partial charge in [-0.2, -0.15) is 5.10 Å². The summed E-state index contributed by atoms with van der Waals surface area (Å²) < 4.78 is 14.5. The molecule has 0 bridgehead atoms. The number of benzene rings is 1. The van der Waals surface area contributed by atoms with Gasteiger partial charge in [-0.15, -0.1) is 0 Å². The topological polar surface area (TPSA) is 46.4 Å². The number of pyridine rings is 1. The number of rotatable bonds is 2. The van der Waals surface area contributed by atoms with Gasteiger partial charge in [-0.3, -0.25) is 4.79 Å². The summed E-state index contributed by atoms with van der Waals surface area (Å²) in [5.41, 5.74) is 1.41. The Morgan fingerprint density at radius 1 is 1.25 bits per heavy atom. The van der Waals surface area contributed by atoms with Crippen molar-refractivity contribution in [2.45, 2.75) is 0 Å². The van der Waals surface area contributed by atoms with E-state index in [9.17, 15) is 9.18 Å². The molecular formula is C14H9ClFN3O. The van der Waals surface area contributed by atoms with Crippen LogP contribution in [0, 0.1) is 5.82 Å². The van der Waals surface area contributed by atoms with Gasteiger partial charge in [0.25, 0.3) is 5.91 Å². The normalized spacial score (nSPS) is 10.7. The zero-order chi connectivity index (χ0) is 14.1. The predicted molar refractivity (Wildman–Crippen MR) is 74.6 cm³/mol. The number of hydrogen-bond acceptors (Lipinski definition) is 2. The molecule has 0 aliphatic rings. The highest BCUT2D eigenvalue weighted by Crippen LogP contribution is 2.23. The van der Waals surface area contributed by atoms with Crippen LogP contribution < -0.4 is 5.32 Å². The lowest BCUT2D eigenvalue weighted by atomic mass is 10.3. The summed E-state index contributed by atoms with van der Waals surface area (Å²) in [4.78, 5) is 12.1. The molecule has 2 aromatic heterocycles. The fraction of sp³-hybridized carbons (Fsp3) is 0. The summed E-state index contributed by atoms with van der Waals surface area (Å²) in [7, 11) is 0. The first kappa shape index (κ1) is 12.6. The molecule has 4 nitrogen and oxygen atoms in total. The van der Waals surface area contributed by atoms with Crippen LogP contribution in [0.25, 0.3) is 5.52 Å². The van der Waals surface area contributed by atoms with Gasteiger partial charge in [0.2, 0.25) is 0 Å². The number of nitrogens with zero attached hydrogens (tertiary/aromatic N) is 2. The van der Waals surface area contributed by atoms with Crippen LogP contribution in [0.1, 0.15) is 10.5 Å². The van der Waals surface area contributed by atoms with Gasteiger partial charge in [0.05, 0.1) is 16.2 Å². The van der Waals surface area contributed by atoms with Gasteiger partial charge in [0.1, 0.15) is 5.82 Å². The van der Waals surface area contributed by atoms with Crippen molar-refractivity contribution in [2.24, 2.45) is 0 Å². The number of halogens is 2. The zero-order valence-electron chi connectivity index (χ0n) is 10.2. The van der Waals surface area contributed by atoms with Gasteiger partial charge in [-0.05, 0) is 36.4 Å². The summed E-state index contributed by atoms with van der Waals surface area (Å²) in [5.74, 6) is -0.858. The number of anilines is 1. The maximum atomic E-state index is 12.9. The summed E-state index contributed by atoms with van der Waals surface area (Å²) >= 11 is 5.86. The standard InChI is InChI=1S/C14H9ClFN3O/c15-11-7-9(16)4-5-12(11)17-14(20)13-8-10-3-1-2-6-19(10)18-13/h1-8H,(H,17,20). The monoisotopic (exact) mass is 289 g/mol. The molecule has 3 rings (SSSR count). The van der Waals surface area contributed by atoms with E-state index in [1.54, 1.807) is 16.8 Å². The largest absolute Gasteiger partial charge is 0.319 e. The van der Waals surface area contributed by atoms with Gasteiger partial charge < -0.3 is 5.32 Å². The van der Waals surface area contributed by atoms with Crippen LogP contribution in [-0.2, 0) is 0 Å². The molecule has 2 heterocycles. The quantitative estimate of drug-likeness (QED) is 0.786. The highest BCUT2D eigenvalue weighted by atomic mass is 35.5. The fourth-order valence-electron chi connectivity index (χ4n) is 1.83. The molecule has 0 atom stereocenters. The van der Waals surface area contributed by atoms with Crippen molar-refractivity contribution < 1.29 is 9.18 Å². The molecule has 0 aliphatic carbocycles. The molecule has 0 spiro atoms. The Hall–Kier alpha value is -2.40. The average Bonchev–Trinajstić information content (AvgIpc) is 2.86. The third-order valence-corrected chi connectivity index (χ3v) is 3.09. The number of nitrogens with one attached hydrogen (secondary N) is 1. The van der Waals surface area contributed by atoms with E-state index in [-0.39, 0.29) is 10.7 Å². The van der Waals surface area contributed by atoms with Crippen molar-refractivity contribution in [3.63, 3.8) is 0 Å². The van der Waals surface area contributed by atoms with E-state index < -0.39 is 11.7 Å². The average molecular weight is 290 g/mol. The van der Waals surface area contributed by atoms with Gasteiger partial charge in [0, 0.05) is 6.20 Å². The number of amides is 1. The van der Waals surface area contributed by atoms with Crippen molar-refractivity contribution >= 4 is 28.7 Å². The van der Waals surface area contributed by atoms with Gasteiger partial charge in [-0.1, -0.05) is 17.7 Å². The van der Waals surface area contributed by atoms with Crippen molar-refractivity contribution in [3.8, 4) is 0 Å². The minimum atomic E-state index is -0.458. The highest BCUT2D eigenvalue weighted by Gasteiger charge is 2.12. The van der Waals surface area contributed by atoms with Gasteiger partial charge >= 0.3 is 0 Å². The van der Waals surface area contributed by atoms with Crippen LogP contribution >= 0.6 is 11.6 Å². The Kier molecular flexibility index (Phi) is 3.12. The van der Waals surface area contributed by atoms with E-state index in [1.165, 1.54) is 12.1 Å². The van der Waals surface area contributed by atoms with E-state index >= 15 is 0 Å². The number of carbonyl (C=O) groups excluding carboxylic acids is 1. The smallest absolute Gasteiger partial charge is 0.276 e. The summed E-state index contributed by atoms with van der Waals surface area (Å²) in [6.45, 7) is 0. The molecular weight excluding hydrogens is 281 g/mol. The molecule has 1 aromatic carbocycles.